The molecule has 3 heterocycles. The molecule has 2 aromatic heterocycles. The van der Waals surface area contributed by atoms with E-state index in [0.717, 1.165) is 33.7 Å². The van der Waals surface area contributed by atoms with Gasteiger partial charge in [-0.15, -0.1) is 22.7 Å². The Morgan fingerprint density at radius 3 is 2.19 bits per heavy atom. The van der Waals surface area contributed by atoms with Gasteiger partial charge in [0.1, 0.15) is 11.0 Å². The number of imide groups is 1. The van der Waals surface area contributed by atoms with Gasteiger partial charge >= 0.3 is 6.03 Å². The van der Waals surface area contributed by atoms with Crippen LogP contribution in [-0.4, -0.2) is 31.3 Å². The highest BCUT2D eigenvalue weighted by atomic mass is 32.1. The number of hydrogen-bond acceptors (Lipinski definition) is 5. The SMILES string of the molecule is CC[Si](CC)(CC)O[C@@H]1C(=O)N(C(=O)N(c2ccccc2)c2cccs2)[C@@H]1c1cccs1. The molecule has 0 spiro atoms. The lowest BCUT2D eigenvalue weighted by Crippen LogP contribution is -2.66. The van der Waals surface area contributed by atoms with E-state index in [1.54, 1.807) is 16.2 Å². The van der Waals surface area contributed by atoms with Crippen molar-refractivity contribution in [1.29, 1.82) is 0 Å². The fourth-order valence-electron chi connectivity index (χ4n) is 4.21. The van der Waals surface area contributed by atoms with Crippen LogP contribution in [0.25, 0.3) is 0 Å². The van der Waals surface area contributed by atoms with Crippen molar-refractivity contribution < 1.29 is 14.0 Å². The molecule has 0 N–H and O–H groups in total. The molecular formula is C24H28N2O3S2Si. The van der Waals surface area contributed by atoms with Crippen LogP contribution in [-0.2, 0) is 9.22 Å². The normalized spacial score (nSPS) is 18.5. The number of likely N-dealkylation sites (tertiary alicyclic amines) is 1. The Balaban J connectivity index is 1.70. The predicted molar refractivity (Wildman–Crippen MR) is 134 cm³/mol. The van der Waals surface area contributed by atoms with E-state index in [1.807, 2.05) is 65.4 Å². The average molecular weight is 485 g/mol. The Bertz CT molecular complexity index is 1030. The van der Waals surface area contributed by atoms with Gasteiger partial charge in [0.25, 0.3) is 5.91 Å². The summed E-state index contributed by atoms with van der Waals surface area (Å²) in [5.74, 6) is -0.238. The lowest BCUT2D eigenvalue weighted by atomic mass is 9.97. The summed E-state index contributed by atoms with van der Waals surface area (Å²) in [7, 11) is -2.02. The number of thiophene rings is 2. The summed E-state index contributed by atoms with van der Waals surface area (Å²) in [6, 6.07) is 19.4. The van der Waals surface area contributed by atoms with E-state index in [9.17, 15) is 9.59 Å². The monoisotopic (exact) mass is 484 g/mol. The van der Waals surface area contributed by atoms with E-state index in [2.05, 4.69) is 20.8 Å². The molecule has 0 bridgehead atoms. The van der Waals surface area contributed by atoms with Crippen LogP contribution in [0.5, 0.6) is 0 Å². The Morgan fingerprint density at radius 1 is 0.969 bits per heavy atom. The van der Waals surface area contributed by atoms with Crippen molar-refractivity contribution in [3.05, 3.63) is 70.2 Å². The zero-order valence-electron chi connectivity index (χ0n) is 18.6. The minimum Gasteiger partial charge on any atom is -0.403 e. The van der Waals surface area contributed by atoms with Crippen molar-refractivity contribution in [2.45, 2.75) is 51.0 Å². The van der Waals surface area contributed by atoms with E-state index in [4.69, 9.17) is 4.43 Å². The number of urea groups is 1. The van der Waals surface area contributed by atoms with Gasteiger partial charge in [-0.25, -0.2) is 9.69 Å². The van der Waals surface area contributed by atoms with Crippen LogP contribution in [0.15, 0.2) is 65.4 Å². The Hall–Kier alpha value is -2.26. The Morgan fingerprint density at radius 2 is 1.62 bits per heavy atom. The van der Waals surface area contributed by atoms with Crippen molar-refractivity contribution in [3.63, 3.8) is 0 Å². The summed E-state index contributed by atoms with van der Waals surface area (Å²) in [5.41, 5.74) is 0.737. The molecule has 3 amide bonds. The van der Waals surface area contributed by atoms with Gasteiger partial charge in [0.05, 0.1) is 5.69 Å². The third-order valence-electron chi connectivity index (χ3n) is 6.33. The number of hydrogen-bond donors (Lipinski definition) is 0. The van der Waals surface area contributed by atoms with Crippen LogP contribution < -0.4 is 4.90 Å². The van der Waals surface area contributed by atoms with Gasteiger partial charge in [-0.1, -0.05) is 45.0 Å². The van der Waals surface area contributed by atoms with Gasteiger partial charge in [0.15, 0.2) is 14.4 Å². The maximum Gasteiger partial charge on any atom is 0.337 e. The van der Waals surface area contributed by atoms with Gasteiger partial charge in [-0.05, 0) is 59.2 Å². The molecule has 4 rings (SSSR count). The minimum atomic E-state index is -2.02. The lowest BCUT2D eigenvalue weighted by Gasteiger charge is -2.49. The smallest absolute Gasteiger partial charge is 0.337 e. The van der Waals surface area contributed by atoms with Crippen LogP contribution in [0.1, 0.15) is 31.7 Å². The van der Waals surface area contributed by atoms with Crippen LogP contribution in [0.4, 0.5) is 15.5 Å². The topological polar surface area (TPSA) is 49.9 Å². The average Bonchev–Trinajstić information content (AvgIpc) is 3.54. The van der Waals surface area contributed by atoms with Crippen molar-refractivity contribution in [2.75, 3.05) is 4.90 Å². The van der Waals surface area contributed by atoms with Gasteiger partial charge in [0, 0.05) is 4.88 Å². The number of anilines is 2. The Labute approximate surface area is 198 Å². The van der Waals surface area contributed by atoms with Crippen LogP contribution in [0.3, 0.4) is 0 Å². The van der Waals surface area contributed by atoms with Crippen LogP contribution in [0, 0.1) is 0 Å². The number of carbonyl (C=O) groups excluding carboxylic acids is 2. The standard InChI is InChI=1S/C24H28N2O3S2Si/c1-4-32(5-2,6-3)29-22-21(19-14-10-16-30-19)26(23(22)27)24(28)25(20-15-11-17-31-20)18-12-8-7-9-13-18/h7-17,21-22H,4-6H2,1-3H3/t21-,22+/m1/s1. The molecule has 168 valence electrons. The third-order valence-corrected chi connectivity index (χ3v) is 12.7. The number of benzene rings is 1. The number of nitrogens with zero attached hydrogens (tertiary/aromatic N) is 2. The van der Waals surface area contributed by atoms with Crippen molar-refractivity contribution >= 4 is 53.6 Å². The summed E-state index contributed by atoms with van der Waals surface area (Å²) in [6.07, 6.45) is -0.593. The highest BCUT2D eigenvalue weighted by Gasteiger charge is 2.56. The van der Waals surface area contributed by atoms with Crippen molar-refractivity contribution in [1.82, 2.24) is 4.90 Å². The molecular weight excluding hydrogens is 456 g/mol. The van der Waals surface area contributed by atoms with Crippen molar-refractivity contribution in [3.8, 4) is 0 Å². The van der Waals surface area contributed by atoms with Gasteiger partial charge < -0.3 is 4.43 Å². The fraction of sp³-hybridized carbons (Fsp3) is 0.333. The third kappa shape index (κ3) is 4.08. The maximum atomic E-state index is 13.9. The molecule has 0 aliphatic carbocycles. The molecule has 1 saturated heterocycles. The summed E-state index contributed by atoms with van der Waals surface area (Å²) in [5, 5.41) is 4.70. The highest BCUT2D eigenvalue weighted by molar-refractivity contribution is 7.14. The quantitative estimate of drug-likeness (QED) is 0.254. The first-order valence-electron chi connectivity index (χ1n) is 11.0. The number of amides is 3. The van der Waals surface area contributed by atoms with Gasteiger partial charge in [-0.2, -0.15) is 0 Å². The molecule has 1 fully saturated rings. The van der Waals surface area contributed by atoms with Crippen LogP contribution in [0.2, 0.25) is 18.1 Å². The molecule has 32 heavy (non-hydrogen) atoms. The number of carbonyl (C=O) groups is 2. The molecule has 1 aliphatic heterocycles. The highest BCUT2D eigenvalue weighted by Crippen LogP contribution is 2.44. The second-order valence-electron chi connectivity index (χ2n) is 7.86. The first-order chi connectivity index (χ1) is 15.5. The zero-order valence-corrected chi connectivity index (χ0v) is 21.2. The van der Waals surface area contributed by atoms with Gasteiger partial charge in [-0.3, -0.25) is 9.69 Å². The first-order valence-corrected chi connectivity index (χ1v) is 15.3. The molecule has 0 saturated carbocycles. The lowest BCUT2D eigenvalue weighted by molar-refractivity contribution is -0.157. The first kappa shape index (κ1) is 22.9. The summed E-state index contributed by atoms with van der Waals surface area (Å²) >= 11 is 3.03. The number of β-lactam (4-membered cyclic amide) rings is 1. The van der Waals surface area contributed by atoms with Crippen molar-refractivity contribution in [2.24, 2.45) is 0 Å². The molecule has 8 heteroatoms. The second-order valence-corrected chi connectivity index (χ2v) is 14.5. The minimum absolute atomic E-state index is 0.238. The fourth-order valence-corrected chi connectivity index (χ4v) is 8.56. The summed E-state index contributed by atoms with van der Waals surface area (Å²) in [6.45, 7) is 6.46. The van der Waals surface area contributed by atoms with Crippen LogP contribution >= 0.6 is 22.7 Å². The molecule has 1 aromatic carbocycles. The molecule has 0 unspecified atom stereocenters. The number of para-hydroxylation sites is 1. The summed E-state index contributed by atoms with van der Waals surface area (Å²) in [4.78, 5) is 31.3. The zero-order chi connectivity index (χ0) is 22.7. The van der Waals surface area contributed by atoms with E-state index in [-0.39, 0.29) is 11.9 Å². The second kappa shape index (κ2) is 9.70. The van der Waals surface area contributed by atoms with E-state index >= 15 is 0 Å². The molecule has 0 radical (unpaired) electrons. The van der Waals surface area contributed by atoms with E-state index < -0.39 is 20.5 Å². The largest absolute Gasteiger partial charge is 0.403 e. The maximum absolute atomic E-state index is 13.9. The van der Waals surface area contributed by atoms with Gasteiger partial charge in [0.2, 0.25) is 0 Å². The van der Waals surface area contributed by atoms with E-state index in [0.29, 0.717) is 0 Å². The number of rotatable bonds is 8. The molecule has 2 atom stereocenters. The molecule has 5 nitrogen and oxygen atoms in total. The Kier molecular flexibility index (Phi) is 6.95. The van der Waals surface area contributed by atoms with E-state index in [1.165, 1.54) is 16.2 Å². The predicted octanol–water partition coefficient (Wildman–Crippen LogP) is 7.04. The molecule has 1 aliphatic rings. The molecule has 3 aromatic rings. The summed E-state index contributed by atoms with van der Waals surface area (Å²) < 4.78 is 6.61.